The van der Waals surface area contributed by atoms with Crippen LogP contribution in [0.25, 0.3) is 0 Å². The maximum absolute atomic E-state index is 11.6. The fourth-order valence-electron chi connectivity index (χ4n) is 2.17. The molecule has 1 N–H and O–H groups in total. The van der Waals surface area contributed by atoms with E-state index in [1.54, 1.807) is 12.1 Å². The summed E-state index contributed by atoms with van der Waals surface area (Å²) in [6.07, 6.45) is 1.51. The summed E-state index contributed by atoms with van der Waals surface area (Å²) in [6, 6.07) is 9.08. The van der Waals surface area contributed by atoms with Crippen molar-refractivity contribution < 1.29 is 23.5 Å². The minimum atomic E-state index is -0.389. The number of benzene rings is 1. The van der Waals surface area contributed by atoms with Crippen LogP contribution in [0.3, 0.4) is 0 Å². The maximum Gasteiger partial charge on any atom is 0.307 e. The summed E-state index contributed by atoms with van der Waals surface area (Å²) in [7, 11) is 0. The van der Waals surface area contributed by atoms with Crippen LogP contribution in [0.1, 0.15) is 28.1 Å². The number of carbonyl (C=O) groups excluding carboxylic acids is 2. The van der Waals surface area contributed by atoms with Gasteiger partial charge >= 0.3 is 5.97 Å². The summed E-state index contributed by atoms with van der Waals surface area (Å²) in [5.41, 5.74) is 2.09. The molecule has 0 fully saturated rings. The molecule has 1 aromatic heterocycles. The van der Waals surface area contributed by atoms with Crippen LogP contribution in [0.2, 0.25) is 0 Å². The van der Waals surface area contributed by atoms with E-state index in [-0.39, 0.29) is 43.8 Å². The van der Waals surface area contributed by atoms with Crippen molar-refractivity contribution in [3.8, 4) is 5.75 Å². The molecule has 6 nitrogen and oxygen atoms in total. The van der Waals surface area contributed by atoms with Crippen molar-refractivity contribution in [3.05, 3.63) is 53.5 Å². The first-order valence-corrected chi connectivity index (χ1v) is 7.74. The molecular formula is C18H21NO5. The Kier molecular flexibility index (Phi) is 6.42. The molecule has 128 valence electrons. The third kappa shape index (κ3) is 5.15. The van der Waals surface area contributed by atoms with Crippen LogP contribution < -0.4 is 10.1 Å². The van der Waals surface area contributed by atoms with Gasteiger partial charge in [0.1, 0.15) is 19.0 Å². The Bertz CT molecular complexity index is 658. The minimum absolute atomic E-state index is 0.0931. The van der Waals surface area contributed by atoms with E-state index in [1.165, 1.54) is 6.26 Å². The van der Waals surface area contributed by atoms with Gasteiger partial charge in [0.05, 0.1) is 12.7 Å². The van der Waals surface area contributed by atoms with Crippen molar-refractivity contribution in [1.29, 1.82) is 0 Å². The number of carbonyl (C=O) groups is 2. The molecule has 0 atom stereocenters. The van der Waals surface area contributed by atoms with E-state index in [4.69, 9.17) is 13.9 Å². The highest BCUT2D eigenvalue weighted by Crippen LogP contribution is 2.21. The quantitative estimate of drug-likeness (QED) is 0.594. The number of furan rings is 1. The molecule has 2 aromatic rings. The van der Waals surface area contributed by atoms with Gasteiger partial charge in [-0.05, 0) is 37.1 Å². The number of amides is 1. The summed E-state index contributed by atoms with van der Waals surface area (Å²) in [4.78, 5) is 23.2. The Balaban J connectivity index is 1.61. The Labute approximate surface area is 140 Å². The zero-order chi connectivity index (χ0) is 17.4. The molecular weight excluding hydrogens is 310 g/mol. The predicted molar refractivity (Wildman–Crippen MR) is 88.0 cm³/mol. The van der Waals surface area contributed by atoms with Gasteiger partial charge in [-0.15, -0.1) is 0 Å². The molecule has 0 saturated heterocycles. The van der Waals surface area contributed by atoms with E-state index >= 15 is 0 Å². The fourth-order valence-corrected chi connectivity index (χ4v) is 2.17. The third-order valence-electron chi connectivity index (χ3n) is 3.36. The zero-order valence-corrected chi connectivity index (χ0v) is 13.8. The van der Waals surface area contributed by atoms with Gasteiger partial charge in [-0.25, -0.2) is 0 Å². The number of hydrogen-bond donors (Lipinski definition) is 1. The van der Waals surface area contributed by atoms with Crippen LogP contribution in [0, 0.1) is 13.8 Å². The third-order valence-corrected chi connectivity index (χ3v) is 3.36. The summed E-state index contributed by atoms with van der Waals surface area (Å²) in [6.45, 7) is 4.58. The van der Waals surface area contributed by atoms with Crippen molar-refractivity contribution in [2.75, 3.05) is 19.8 Å². The summed E-state index contributed by atoms with van der Waals surface area (Å²) in [5, 5.41) is 2.58. The van der Waals surface area contributed by atoms with E-state index in [2.05, 4.69) is 5.32 Å². The molecule has 0 unspecified atom stereocenters. The highest BCUT2D eigenvalue weighted by Gasteiger charge is 2.09. The topological polar surface area (TPSA) is 77.8 Å². The van der Waals surface area contributed by atoms with E-state index < -0.39 is 0 Å². The van der Waals surface area contributed by atoms with Gasteiger partial charge in [-0.2, -0.15) is 0 Å². The summed E-state index contributed by atoms with van der Waals surface area (Å²) < 4.78 is 15.7. The number of aryl methyl sites for hydroxylation is 2. The van der Waals surface area contributed by atoms with E-state index in [0.717, 1.165) is 16.9 Å². The highest BCUT2D eigenvalue weighted by molar-refractivity contribution is 5.91. The van der Waals surface area contributed by atoms with Crippen LogP contribution >= 0.6 is 0 Å². The molecule has 1 heterocycles. The summed E-state index contributed by atoms with van der Waals surface area (Å²) in [5.74, 6) is 0.288. The maximum atomic E-state index is 11.6. The first-order valence-electron chi connectivity index (χ1n) is 7.74. The Hall–Kier alpha value is -2.76. The first kappa shape index (κ1) is 17.6. The van der Waals surface area contributed by atoms with E-state index in [9.17, 15) is 9.59 Å². The Morgan fingerprint density at radius 3 is 2.50 bits per heavy atom. The monoisotopic (exact) mass is 331 g/mol. The molecule has 1 amide bonds. The number of esters is 1. The predicted octanol–water partition coefficient (Wildman–Crippen LogP) is 2.64. The lowest BCUT2D eigenvalue weighted by Crippen LogP contribution is -2.26. The number of rotatable bonds is 8. The molecule has 0 spiro atoms. The molecule has 0 aliphatic heterocycles. The standard InChI is InChI=1S/C18H21NO5/c1-13-5-3-6-14(2)17(13)24-12-11-23-16(20)8-9-19-18(21)15-7-4-10-22-15/h3-7,10H,8-9,11-12H2,1-2H3,(H,19,21). The number of ether oxygens (including phenoxy) is 2. The molecule has 0 bridgehead atoms. The molecule has 0 radical (unpaired) electrons. The van der Waals surface area contributed by atoms with Crippen molar-refractivity contribution >= 4 is 11.9 Å². The van der Waals surface area contributed by atoms with Crippen LogP contribution in [0.5, 0.6) is 5.75 Å². The van der Waals surface area contributed by atoms with Gasteiger partial charge in [0.15, 0.2) is 5.76 Å². The second kappa shape index (κ2) is 8.76. The average Bonchev–Trinajstić information content (AvgIpc) is 3.08. The fraction of sp³-hybridized carbons (Fsp3) is 0.333. The van der Waals surface area contributed by atoms with Gasteiger partial charge in [0.2, 0.25) is 0 Å². The van der Waals surface area contributed by atoms with Gasteiger partial charge < -0.3 is 19.2 Å². The normalized spacial score (nSPS) is 10.2. The van der Waals surface area contributed by atoms with Crippen molar-refractivity contribution in [2.24, 2.45) is 0 Å². The second-order valence-corrected chi connectivity index (χ2v) is 5.27. The largest absolute Gasteiger partial charge is 0.489 e. The molecule has 6 heteroatoms. The second-order valence-electron chi connectivity index (χ2n) is 5.27. The van der Waals surface area contributed by atoms with Crippen molar-refractivity contribution in [3.63, 3.8) is 0 Å². The minimum Gasteiger partial charge on any atom is -0.489 e. The van der Waals surface area contributed by atoms with Crippen LogP contribution in [-0.2, 0) is 9.53 Å². The van der Waals surface area contributed by atoms with Crippen molar-refractivity contribution in [1.82, 2.24) is 5.32 Å². The number of hydrogen-bond acceptors (Lipinski definition) is 5. The van der Waals surface area contributed by atoms with Crippen LogP contribution in [0.15, 0.2) is 41.0 Å². The number of para-hydroxylation sites is 1. The molecule has 1 aromatic carbocycles. The number of nitrogens with one attached hydrogen (secondary N) is 1. The molecule has 0 saturated carbocycles. The molecule has 2 rings (SSSR count). The summed E-state index contributed by atoms with van der Waals surface area (Å²) >= 11 is 0. The van der Waals surface area contributed by atoms with Gasteiger partial charge in [-0.3, -0.25) is 9.59 Å². The molecule has 0 aliphatic rings. The zero-order valence-electron chi connectivity index (χ0n) is 13.8. The van der Waals surface area contributed by atoms with Crippen LogP contribution in [-0.4, -0.2) is 31.6 Å². The molecule has 0 aliphatic carbocycles. The van der Waals surface area contributed by atoms with E-state index in [0.29, 0.717) is 0 Å². The van der Waals surface area contributed by atoms with Gasteiger partial charge in [0.25, 0.3) is 5.91 Å². The average molecular weight is 331 g/mol. The lowest BCUT2D eigenvalue weighted by atomic mass is 10.1. The molecule has 24 heavy (non-hydrogen) atoms. The van der Waals surface area contributed by atoms with Gasteiger partial charge in [-0.1, -0.05) is 18.2 Å². The van der Waals surface area contributed by atoms with E-state index in [1.807, 2.05) is 32.0 Å². The van der Waals surface area contributed by atoms with Crippen LogP contribution in [0.4, 0.5) is 0 Å². The first-order chi connectivity index (χ1) is 11.6. The highest BCUT2D eigenvalue weighted by atomic mass is 16.6. The lowest BCUT2D eigenvalue weighted by Gasteiger charge is -2.12. The Morgan fingerprint density at radius 1 is 1.08 bits per heavy atom. The Morgan fingerprint density at radius 2 is 1.83 bits per heavy atom. The van der Waals surface area contributed by atoms with Crippen molar-refractivity contribution in [2.45, 2.75) is 20.3 Å². The smallest absolute Gasteiger partial charge is 0.307 e. The SMILES string of the molecule is Cc1cccc(C)c1OCCOC(=O)CCNC(=O)c1ccco1. The lowest BCUT2D eigenvalue weighted by molar-refractivity contribution is -0.144. The van der Waals surface area contributed by atoms with Gasteiger partial charge in [0, 0.05) is 6.54 Å².